The fourth-order valence-corrected chi connectivity index (χ4v) is 7.60. The summed E-state index contributed by atoms with van der Waals surface area (Å²) in [6, 6.07) is 13.4. The van der Waals surface area contributed by atoms with Crippen LogP contribution in [0.4, 0.5) is 5.69 Å². The Balaban J connectivity index is 0.976. The number of benzene rings is 1. The van der Waals surface area contributed by atoms with Crippen LogP contribution in [0.1, 0.15) is 85.1 Å². The number of nitrogens with zero attached hydrogens (tertiary/aromatic N) is 4. The van der Waals surface area contributed by atoms with Gasteiger partial charge >= 0.3 is 0 Å². The number of rotatable bonds is 5. The Morgan fingerprint density at radius 3 is 2.35 bits per heavy atom. The maximum atomic E-state index is 13.0. The minimum absolute atomic E-state index is 0.214. The van der Waals surface area contributed by atoms with Gasteiger partial charge in [-0.3, -0.25) is 29.6 Å². The fraction of sp³-hybridized carbons (Fsp3) is 0.548. The number of carbonyl (C=O) groups excluding carboxylic acids is 3. The summed E-state index contributed by atoms with van der Waals surface area (Å²) in [7, 11) is 0. The van der Waals surface area contributed by atoms with Gasteiger partial charge in [0.1, 0.15) is 11.6 Å². The summed E-state index contributed by atoms with van der Waals surface area (Å²) in [5, 5.41) is 13.9. The molecule has 40 heavy (non-hydrogen) atoms. The Bertz CT molecular complexity index is 1320. The lowest BCUT2D eigenvalue weighted by molar-refractivity contribution is -0.136. The van der Waals surface area contributed by atoms with E-state index in [4.69, 9.17) is 4.98 Å². The lowest BCUT2D eigenvalue weighted by Gasteiger charge is -2.38. The van der Waals surface area contributed by atoms with Gasteiger partial charge in [0.25, 0.3) is 5.91 Å². The number of anilines is 1. The minimum Gasteiger partial charge on any atom is -0.383 e. The number of imide groups is 1. The minimum atomic E-state index is -1.05. The summed E-state index contributed by atoms with van der Waals surface area (Å²) in [5.74, 6) is -0.984. The Morgan fingerprint density at radius 2 is 1.65 bits per heavy atom. The van der Waals surface area contributed by atoms with Crippen LogP contribution >= 0.6 is 0 Å². The van der Waals surface area contributed by atoms with Gasteiger partial charge in [-0.25, -0.2) is 0 Å². The van der Waals surface area contributed by atoms with E-state index in [2.05, 4.69) is 39.4 Å². The average Bonchev–Trinajstić information content (AvgIpc) is 3.41. The van der Waals surface area contributed by atoms with Gasteiger partial charge in [0, 0.05) is 43.8 Å². The smallest absolute Gasteiger partial charge is 0.256 e. The molecule has 1 aromatic carbocycles. The standard InChI is InChI=1S/C31H37N5O4/c37-28-13-11-26(29(38)33-28)35-19-25-24(30(35)39)10-12-27(32-25)31(40)14-16-34(17-15-31)18-20-4-6-23(7-5-20)36-21-2-1-3-22(36)9-8-21/h4-7,10,12,21-22,26,40H,1-3,8-9,11,13-19H2,(H,33,37,38). The molecule has 9 nitrogen and oxygen atoms in total. The quantitative estimate of drug-likeness (QED) is 0.559. The number of aromatic nitrogens is 1. The van der Waals surface area contributed by atoms with Gasteiger partial charge < -0.3 is 14.9 Å². The summed E-state index contributed by atoms with van der Waals surface area (Å²) in [6.45, 7) is 2.59. The van der Waals surface area contributed by atoms with E-state index >= 15 is 0 Å². The first-order chi connectivity index (χ1) is 19.4. The lowest BCUT2D eigenvalue weighted by Crippen LogP contribution is -2.52. The molecule has 9 heteroatoms. The van der Waals surface area contributed by atoms with Gasteiger partial charge in [-0.2, -0.15) is 0 Å². The molecule has 5 aliphatic rings. The summed E-state index contributed by atoms with van der Waals surface area (Å²) >= 11 is 0. The molecule has 3 amide bonds. The molecule has 210 valence electrons. The first-order valence-corrected chi connectivity index (χ1v) is 14.8. The molecule has 7 rings (SSSR count). The highest BCUT2D eigenvalue weighted by molar-refractivity contribution is 6.05. The van der Waals surface area contributed by atoms with E-state index < -0.39 is 17.6 Å². The average molecular weight is 544 g/mol. The van der Waals surface area contributed by atoms with E-state index in [9.17, 15) is 19.5 Å². The molecule has 5 aliphatic heterocycles. The van der Waals surface area contributed by atoms with Crippen molar-refractivity contribution in [3.05, 3.63) is 58.9 Å². The number of piperidine rings is 3. The molecule has 0 radical (unpaired) electrons. The van der Waals surface area contributed by atoms with Crippen molar-refractivity contribution in [2.75, 3.05) is 18.0 Å². The molecule has 6 heterocycles. The van der Waals surface area contributed by atoms with Crippen molar-refractivity contribution >= 4 is 23.4 Å². The van der Waals surface area contributed by atoms with Gasteiger partial charge in [-0.15, -0.1) is 0 Å². The van der Waals surface area contributed by atoms with Gasteiger partial charge in [-0.1, -0.05) is 12.1 Å². The van der Waals surface area contributed by atoms with Gasteiger partial charge in [-0.05, 0) is 81.2 Å². The van der Waals surface area contributed by atoms with Crippen LogP contribution in [-0.2, 0) is 28.3 Å². The number of aliphatic hydroxyl groups is 1. The van der Waals surface area contributed by atoms with Gasteiger partial charge in [0.2, 0.25) is 11.8 Å². The Hall–Kier alpha value is -3.30. The second kappa shape index (κ2) is 9.96. The number of hydrogen-bond donors (Lipinski definition) is 2. The van der Waals surface area contributed by atoms with Crippen molar-refractivity contribution in [3.8, 4) is 0 Å². The fourth-order valence-electron chi connectivity index (χ4n) is 7.60. The number of amides is 3. The molecular formula is C31H37N5O4. The second-order valence-corrected chi connectivity index (χ2v) is 12.3. The zero-order chi connectivity index (χ0) is 27.4. The van der Waals surface area contributed by atoms with Crippen molar-refractivity contribution < 1.29 is 19.5 Å². The highest BCUT2D eigenvalue weighted by Gasteiger charge is 2.42. The van der Waals surface area contributed by atoms with Gasteiger partial charge in [0.05, 0.1) is 23.5 Å². The van der Waals surface area contributed by atoms with Crippen LogP contribution in [0.25, 0.3) is 0 Å². The maximum absolute atomic E-state index is 13.0. The number of carbonyl (C=O) groups is 3. The zero-order valence-electron chi connectivity index (χ0n) is 22.8. The predicted molar refractivity (Wildman–Crippen MR) is 148 cm³/mol. The Kier molecular flexibility index (Phi) is 6.39. The maximum Gasteiger partial charge on any atom is 0.256 e. The highest BCUT2D eigenvalue weighted by Crippen LogP contribution is 2.39. The van der Waals surface area contributed by atoms with Crippen LogP contribution in [-0.4, -0.2) is 68.8 Å². The van der Waals surface area contributed by atoms with Crippen LogP contribution in [0.15, 0.2) is 36.4 Å². The molecule has 2 N–H and O–H groups in total. The van der Waals surface area contributed by atoms with E-state index in [1.807, 2.05) is 0 Å². The normalized spacial score (nSPS) is 28.1. The van der Waals surface area contributed by atoms with Crippen LogP contribution in [0, 0.1) is 0 Å². The molecule has 3 unspecified atom stereocenters. The Labute approximate surface area is 234 Å². The first kappa shape index (κ1) is 25.7. The molecule has 2 aromatic rings. The largest absolute Gasteiger partial charge is 0.383 e. The molecule has 4 saturated heterocycles. The number of nitrogens with one attached hydrogen (secondary N) is 1. The predicted octanol–water partition coefficient (Wildman–Crippen LogP) is 2.85. The van der Waals surface area contributed by atoms with Crippen molar-refractivity contribution in [2.45, 2.75) is 94.6 Å². The van der Waals surface area contributed by atoms with Crippen molar-refractivity contribution in [1.29, 1.82) is 0 Å². The molecule has 0 aliphatic carbocycles. The number of hydrogen-bond acceptors (Lipinski definition) is 7. The van der Waals surface area contributed by atoms with Crippen LogP contribution in [0.3, 0.4) is 0 Å². The van der Waals surface area contributed by atoms with Crippen LogP contribution in [0.5, 0.6) is 0 Å². The number of likely N-dealkylation sites (tertiary alicyclic amines) is 1. The van der Waals surface area contributed by atoms with E-state index in [0.29, 0.717) is 36.2 Å². The topological polar surface area (TPSA) is 106 Å². The Morgan fingerprint density at radius 1 is 0.925 bits per heavy atom. The lowest BCUT2D eigenvalue weighted by atomic mass is 9.87. The van der Waals surface area contributed by atoms with E-state index in [1.165, 1.54) is 48.3 Å². The van der Waals surface area contributed by atoms with Crippen molar-refractivity contribution in [1.82, 2.24) is 20.1 Å². The van der Waals surface area contributed by atoms with E-state index in [1.54, 1.807) is 12.1 Å². The molecule has 0 spiro atoms. The summed E-state index contributed by atoms with van der Waals surface area (Å²) in [4.78, 5) is 48.1. The first-order valence-electron chi connectivity index (χ1n) is 14.8. The molecular weight excluding hydrogens is 506 g/mol. The summed E-state index contributed by atoms with van der Waals surface area (Å²) in [5.41, 5.74) is 3.25. The molecule has 4 fully saturated rings. The monoisotopic (exact) mass is 543 g/mol. The van der Waals surface area contributed by atoms with Crippen molar-refractivity contribution in [3.63, 3.8) is 0 Å². The third-order valence-corrected chi connectivity index (χ3v) is 9.87. The van der Waals surface area contributed by atoms with Crippen LogP contribution < -0.4 is 10.2 Å². The number of pyridine rings is 1. The molecule has 0 saturated carbocycles. The molecule has 1 aromatic heterocycles. The van der Waals surface area contributed by atoms with E-state index in [-0.39, 0.29) is 24.8 Å². The molecule has 2 bridgehead atoms. The van der Waals surface area contributed by atoms with Gasteiger partial charge in [0.15, 0.2) is 0 Å². The SMILES string of the molecule is O=C1CCC(N2Cc3nc(C4(O)CCN(Cc5ccc(N6C7CCCC6CC7)cc5)CC4)ccc3C2=O)C(=O)N1. The second-order valence-electron chi connectivity index (χ2n) is 12.3. The third kappa shape index (κ3) is 4.49. The highest BCUT2D eigenvalue weighted by atomic mass is 16.3. The van der Waals surface area contributed by atoms with Crippen molar-refractivity contribution in [2.24, 2.45) is 0 Å². The summed E-state index contributed by atoms with van der Waals surface area (Å²) in [6.07, 6.45) is 8.34. The number of fused-ring (bicyclic) bond motifs is 3. The summed E-state index contributed by atoms with van der Waals surface area (Å²) < 4.78 is 0. The third-order valence-electron chi connectivity index (χ3n) is 9.87. The van der Waals surface area contributed by atoms with E-state index in [0.717, 1.165) is 31.7 Å². The van der Waals surface area contributed by atoms with Crippen LogP contribution in [0.2, 0.25) is 0 Å². The zero-order valence-corrected chi connectivity index (χ0v) is 22.8. The molecule has 3 atom stereocenters.